The SMILES string of the molecule is BC(c1ccc2c(c1)CN(C1(B)CCC(=O)NC1=O)C2=O)N(B)C(=O)C(F)(F)c1ccc(Cl)cc1. The second kappa shape index (κ2) is 8.82. The number of hydrogen-bond donors (Lipinski definition) is 1. The number of benzene rings is 2. The second-order valence-corrected chi connectivity index (χ2v) is 9.57. The normalized spacial score (nSPS) is 20.9. The van der Waals surface area contributed by atoms with Gasteiger partial charge in [0.1, 0.15) is 15.7 Å². The van der Waals surface area contributed by atoms with Crippen molar-refractivity contribution in [1.82, 2.24) is 15.0 Å². The summed E-state index contributed by atoms with van der Waals surface area (Å²) in [6.45, 7) is 0.130. The smallest absolute Gasteiger partial charge is 0.348 e. The summed E-state index contributed by atoms with van der Waals surface area (Å²) >= 11 is 5.77. The fourth-order valence-corrected chi connectivity index (χ4v) is 4.58. The highest BCUT2D eigenvalue weighted by Crippen LogP contribution is 2.36. The Bertz CT molecular complexity index is 1250. The molecule has 0 bridgehead atoms. The number of nitrogens with one attached hydrogen (secondary N) is 1. The lowest BCUT2D eigenvalue weighted by Gasteiger charge is -2.39. The number of amides is 4. The second-order valence-electron chi connectivity index (χ2n) is 9.13. The molecule has 13 heteroatoms. The molecule has 4 amide bonds. The molecule has 35 heavy (non-hydrogen) atoms. The number of halogens is 3. The zero-order valence-electron chi connectivity index (χ0n) is 19.4. The molecule has 1 saturated heterocycles. The molecular formula is C22H21B3ClF2N3O4. The molecule has 0 radical (unpaired) electrons. The molecule has 2 heterocycles. The third-order valence-electron chi connectivity index (χ3n) is 6.97. The Kier molecular flexibility index (Phi) is 6.29. The van der Waals surface area contributed by atoms with Gasteiger partial charge >= 0.3 is 5.92 Å². The van der Waals surface area contributed by atoms with Crippen LogP contribution in [0.2, 0.25) is 5.02 Å². The average Bonchev–Trinajstić information content (AvgIpc) is 3.16. The van der Waals surface area contributed by atoms with Gasteiger partial charge in [-0.05, 0) is 35.7 Å². The zero-order chi connectivity index (χ0) is 25.7. The van der Waals surface area contributed by atoms with Crippen molar-refractivity contribution in [3.63, 3.8) is 0 Å². The van der Waals surface area contributed by atoms with Crippen LogP contribution in [-0.4, -0.2) is 62.5 Å². The van der Waals surface area contributed by atoms with Crippen molar-refractivity contribution >= 4 is 58.9 Å². The molecule has 2 unspecified atom stereocenters. The van der Waals surface area contributed by atoms with Crippen molar-refractivity contribution in [2.45, 2.75) is 36.7 Å². The highest BCUT2D eigenvalue weighted by Gasteiger charge is 2.48. The van der Waals surface area contributed by atoms with Gasteiger partial charge in [-0.2, -0.15) is 8.78 Å². The number of nitrogens with zero attached hydrogens (tertiary/aromatic N) is 2. The van der Waals surface area contributed by atoms with Crippen LogP contribution in [0.3, 0.4) is 0 Å². The fourth-order valence-electron chi connectivity index (χ4n) is 4.45. The molecule has 2 aliphatic heterocycles. The first-order valence-corrected chi connectivity index (χ1v) is 11.4. The summed E-state index contributed by atoms with van der Waals surface area (Å²) in [5, 5.41) is 2.57. The third kappa shape index (κ3) is 4.24. The molecule has 0 spiro atoms. The number of carbonyl (C=O) groups excluding carboxylic acids is 4. The Morgan fingerprint density at radius 3 is 2.46 bits per heavy atom. The van der Waals surface area contributed by atoms with E-state index in [1.165, 1.54) is 25.0 Å². The minimum absolute atomic E-state index is 0.124. The van der Waals surface area contributed by atoms with Gasteiger partial charge in [0.05, 0.1) is 5.44 Å². The van der Waals surface area contributed by atoms with Crippen molar-refractivity contribution < 1.29 is 28.0 Å². The molecule has 7 nitrogen and oxygen atoms in total. The largest absolute Gasteiger partial charge is 0.389 e. The summed E-state index contributed by atoms with van der Waals surface area (Å²) in [5.74, 6) is -7.10. The molecule has 4 rings (SSSR count). The maximum atomic E-state index is 14.9. The van der Waals surface area contributed by atoms with Gasteiger partial charge in [0.2, 0.25) is 19.8 Å². The maximum Gasteiger partial charge on any atom is 0.348 e. The third-order valence-corrected chi connectivity index (χ3v) is 7.22. The van der Waals surface area contributed by atoms with Gasteiger partial charge in [-0.15, -0.1) is 0 Å². The van der Waals surface area contributed by atoms with E-state index in [1.54, 1.807) is 33.9 Å². The summed E-state index contributed by atoms with van der Waals surface area (Å²) < 4.78 is 29.8. The molecule has 0 aromatic heterocycles. The number of hydrogen-bond acceptors (Lipinski definition) is 4. The number of fused-ring (bicyclic) bond motifs is 1. The Morgan fingerprint density at radius 2 is 1.83 bits per heavy atom. The van der Waals surface area contributed by atoms with Gasteiger partial charge in [-0.3, -0.25) is 24.5 Å². The summed E-state index contributed by atoms with van der Waals surface area (Å²) in [5.41, 5.74) is -0.0560. The Labute approximate surface area is 208 Å². The first-order valence-electron chi connectivity index (χ1n) is 11.1. The number of imide groups is 1. The lowest BCUT2D eigenvalue weighted by Crippen LogP contribution is -2.63. The van der Waals surface area contributed by atoms with Gasteiger partial charge in [-0.1, -0.05) is 35.9 Å². The molecule has 0 saturated carbocycles. The van der Waals surface area contributed by atoms with Crippen molar-refractivity contribution in [3.05, 3.63) is 69.7 Å². The predicted octanol–water partition coefficient (Wildman–Crippen LogP) is -0.138. The van der Waals surface area contributed by atoms with Gasteiger partial charge in [0.25, 0.3) is 11.8 Å². The van der Waals surface area contributed by atoms with Crippen molar-refractivity contribution in [2.75, 3.05) is 0 Å². The monoisotopic (exact) mass is 497 g/mol. The Balaban J connectivity index is 1.55. The highest BCUT2D eigenvalue weighted by molar-refractivity contribution is 6.32. The van der Waals surface area contributed by atoms with Crippen molar-refractivity contribution in [2.24, 2.45) is 0 Å². The van der Waals surface area contributed by atoms with E-state index in [9.17, 15) is 28.0 Å². The summed E-state index contributed by atoms with van der Waals surface area (Å²) in [4.78, 5) is 52.3. The van der Waals surface area contributed by atoms with E-state index in [1.807, 2.05) is 0 Å². The van der Waals surface area contributed by atoms with Crippen molar-refractivity contribution in [1.29, 1.82) is 0 Å². The predicted molar refractivity (Wildman–Crippen MR) is 132 cm³/mol. The van der Waals surface area contributed by atoms with E-state index in [4.69, 9.17) is 11.6 Å². The number of piperidine rings is 1. The van der Waals surface area contributed by atoms with Crippen LogP contribution in [0.25, 0.3) is 0 Å². The standard InChI is InChI=1S/C22H21B3ClF2N3O4/c23-17(31(25)20(35)22(27,28)13-2-4-14(26)5-3-13)11-1-6-15-12(9-11)10-30(18(15)33)21(24)8-7-16(32)29-19(21)34/h1-6,9,17H,7-8,10,23-25H2,(H,29,32,34). The Morgan fingerprint density at radius 1 is 1.17 bits per heavy atom. The van der Waals surface area contributed by atoms with Crippen LogP contribution in [0.15, 0.2) is 42.5 Å². The molecule has 0 aliphatic carbocycles. The van der Waals surface area contributed by atoms with Gasteiger partial charge in [-0.25, -0.2) is 0 Å². The first-order chi connectivity index (χ1) is 16.4. The maximum absolute atomic E-state index is 14.9. The van der Waals surface area contributed by atoms with Crippen molar-refractivity contribution in [3.8, 4) is 0 Å². The van der Waals surface area contributed by atoms with Crippen LogP contribution < -0.4 is 5.32 Å². The van der Waals surface area contributed by atoms with Gasteiger partial charge < -0.3 is 9.71 Å². The van der Waals surface area contributed by atoms with Crippen LogP contribution in [-0.2, 0) is 26.9 Å². The molecule has 2 atom stereocenters. The number of rotatable bonds is 5. The summed E-state index contributed by atoms with van der Waals surface area (Å²) in [6, 6.07) is 9.71. The lowest BCUT2D eigenvalue weighted by molar-refractivity contribution is -0.154. The van der Waals surface area contributed by atoms with E-state index in [-0.39, 0.29) is 36.2 Å². The summed E-state index contributed by atoms with van der Waals surface area (Å²) in [6.07, 6.45) is 0.330. The van der Waals surface area contributed by atoms with E-state index in [0.29, 0.717) is 16.7 Å². The zero-order valence-corrected chi connectivity index (χ0v) is 20.2. The molecule has 1 N–H and O–H groups in total. The quantitative estimate of drug-likeness (QED) is 0.461. The molecule has 178 valence electrons. The summed E-state index contributed by atoms with van der Waals surface area (Å²) in [7, 11) is 4.53. The Hall–Kier alpha value is -3.14. The fraction of sp³-hybridized carbons (Fsp3) is 0.273. The molecule has 2 aliphatic rings. The van der Waals surface area contributed by atoms with Crippen LogP contribution in [0.4, 0.5) is 8.78 Å². The minimum atomic E-state index is -3.75. The number of alkyl halides is 2. The van der Waals surface area contributed by atoms with E-state index < -0.39 is 34.7 Å². The van der Waals surface area contributed by atoms with Gasteiger partial charge in [0, 0.05) is 35.1 Å². The minimum Gasteiger partial charge on any atom is -0.389 e. The van der Waals surface area contributed by atoms with E-state index >= 15 is 0 Å². The highest BCUT2D eigenvalue weighted by atomic mass is 35.5. The number of carbonyl (C=O) groups is 4. The molecule has 1 fully saturated rings. The van der Waals surface area contributed by atoms with Crippen LogP contribution in [0.5, 0.6) is 0 Å². The van der Waals surface area contributed by atoms with E-state index in [2.05, 4.69) is 5.32 Å². The van der Waals surface area contributed by atoms with Crippen LogP contribution in [0, 0.1) is 0 Å². The molecule has 2 aromatic carbocycles. The molecular weight excluding hydrogens is 476 g/mol. The topological polar surface area (TPSA) is 86.8 Å². The van der Waals surface area contributed by atoms with Gasteiger partial charge in [0.15, 0.2) is 0 Å². The van der Waals surface area contributed by atoms with Crippen LogP contribution in [0.1, 0.15) is 45.8 Å². The van der Waals surface area contributed by atoms with Crippen LogP contribution >= 0.6 is 11.6 Å². The average molecular weight is 497 g/mol. The lowest BCUT2D eigenvalue weighted by atomic mass is 9.70. The molecule has 2 aromatic rings. The van der Waals surface area contributed by atoms with E-state index in [0.717, 1.165) is 16.9 Å². The first kappa shape index (κ1) is 25.0.